The van der Waals surface area contributed by atoms with E-state index in [0.29, 0.717) is 11.0 Å². The van der Waals surface area contributed by atoms with E-state index in [9.17, 15) is 18.0 Å². The van der Waals surface area contributed by atoms with Crippen LogP contribution in [0.25, 0.3) is 6.08 Å². The first-order valence-electron chi connectivity index (χ1n) is 8.50. The molecule has 2 rings (SSSR count). The van der Waals surface area contributed by atoms with E-state index in [1.54, 1.807) is 6.08 Å². The van der Waals surface area contributed by atoms with Gasteiger partial charge in [0.25, 0.3) is 0 Å². The molecular weight excluding hydrogens is 360 g/mol. The van der Waals surface area contributed by atoms with Crippen LogP contribution in [0.1, 0.15) is 45.7 Å². The van der Waals surface area contributed by atoms with Crippen LogP contribution >= 0.6 is 0 Å². The van der Waals surface area contributed by atoms with Crippen molar-refractivity contribution >= 4 is 24.8 Å². The number of nitrogens with one attached hydrogen (secondary N) is 1. The Bertz CT molecular complexity index is 745. The van der Waals surface area contributed by atoms with Crippen molar-refractivity contribution in [3.63, 3.8) is 0 Å². The molecule has 5 nitrogen and oxygen atoms in total. The van der Waals surface area contributed by atoms with E-state index in [1.807, 2.05) is 27.7 Å². The summed E-state index contributed by atoms with van der Waals surface area (Å²) in [6, 6.07) is 3.13. The fourth-order valence-corrected chi connectivity index (χ4v) is 2.51. The van der Waals surface area contributed by atoms with Crippen molar-refractivity contribution in [2.24, 2.45) is 0 Å². The molecule has 0 atom stereocenters. The quantitative estimate of drug-likeness (QED) is 0.616. The Kier molecular flexibility index (Phi) is 5.68. The summed E-state index contributed by atoms with van der Waals surface area (Å²) >= 11 is 0. The van der Waals surface area contributed by atoms with Crippen molar-refractivity contribution in [2.45, 2.75) is 52.0 Å². The van der Waals surface area contributed by atoms with Crippen LogP contribution in [0.3, 0.4) is 0 Å². The van der Waals surface area contributed by atoms with Crippen LogP contribution in [0.15, 0.2) is 23.7 Å². The van der Waals surface area contributed by atoms with Gasteiger partial charge in [-0.2, -0.15) is 13.2 Å². The van der Waals surface area contributed by atoms with Gasteiger partial charge >= 0.3 is 13.3 Å². The van der Waals surface area contributed by atoms with Gasteiger partial charge in [0, 0.05) is 19.2 Å². The second-order valence-corrected chi connectivity index (χ2v) is 7.56. The topological polar surface area (TPSA) is 73.6 Å². The number of nitrogens with two attached hydrogens (primary N) is 1. The number of alkyl halides is 3. The van der Waals surface area contributed by atoms with E-state index < -0.39 is 30.1 Å². The summed E-state index contributed by atoms with van der Waals surface area (Å²) in [5.74, 6) is -0.252. The average Bonchev–Trinajstić information content (AvgIpc) is 2.71. The lowest BCUT2D eigenvalue weighted by molar-refractivity contribution is -0.137. The number of hydrogen-bond donors (Lipinski definition) is 2. The second-order valence-electron chi connectivity index (χ2n) is 7.56. The zero-order chi connectivity index (χ0) is 20.6. The van der Waals surface area contributed by atoms with Gasteiger partial charge in [-0.25, -0.2) is 0 Å². The molecule has 1 aliphatic rings. The number of hydrogen-bond acceptors (Lipinski definition) is 4. The highest BCUT2D eigenvalue weighted by molar-refractivity contribution is 6.56. The first-order chi connectivity index (χ1) is 12.2. The lowest BCUT2D eigenvalue weighted by atomic mass is 9.76. The zero-order valence-electron chi connectivity index (χ0n) is 16.0. The molecule has 0 spiro atoms. The summed E-state index contributed by atoms with van der Waals surface area (Å²) in [6.07, 6.45) is -2.88. The molecular formula is C18H24BF3N2O3. The van der Waals surface area contributed by atoms with Crippen LogP contribution < -0.4 is 11.1 Å². The lowest BCUT2D eigenvalue weighted by Gasteiger charge is -2.32. The van der Waals surface area contributed by atoms with Gasteiger partial charge in [-0.1, -0.05) is 12.1 Å². The number of nitrogen functional groups attached to an aromatic ring is 1. The molecule has 0 radical (unpaired) electrons. The van der Waals surface area contributed by atoms with Crippen molar-refractivity contribution in [1.29, 1.82) is 0 Å². The molecule has 0 bridgehead atoms. The van der Waals surface area contributed by atoms with Gasteiger partial charge in [-0.3, -0.25) is 4.79 Å². The largest absolute Gasteiger partial charge is 0.492 e. The van der Waals surface area contributed by atoms with Crippen molar-refractivity contribution in [3.05, 3.63) is 34.8 Å². The van der Waals surface area contributed by atoms with Crippen LogP contribution in [0, 0.1) is 0 Å². The molecule has 1 amide bonds. The Hall–Kier alpha value is -2.00. The SMILES string of the molecule is CC(=O)NCC(=Cc1ccc(C(F)(F)F)cc1N)B1OC(C)(C)C(C)(C)O1. The fourth-order valence-electron chi connectivity index (χ4n) is 2.51. The predicted octanol–water partition coefficient (Wildman–Crippen LogP) is 3.44. The van der Waals surface area contributed by atoms with Crippen LogP contribution in [0.2, 0.25) is 0 Å². The predicted molar refractivity (Wildman–Crippen MR) is 98.6 cm³/mol. The molecule has 1 fully saturated rings. The molecule has 0 unspecified atom stereocenters. The summed E-state index contributed by atoms with van der Waals surface area (Å²) in [5.41, 5.74) is 4.71. The van der Waals surface area contributed by atoms with E-state index in [2.05, 4.69) is 5.32 Å². The number of anilines is 1. The summed E-state index contributed by atoms with van der Waals surface area (Å²) < 4.78 is 50.5. The van der Waals surface area contributed by atoms with Gasteiger partial charge in [0.15, 0.2) is 0 Å². The maximum absolute atomic E-state index is 12.8. The molecule has 1 aromatic rings. The second kappa shape index (κ2) is 7.20. The molecule has 1 aliphatic heterocycles. The molecule has 1 heterocycles. The Morgan fingerprint density at radius 2 is 1.78 bits per heavy atom. The number of rotatable bonds is 4. The van der Waals surface area contributed by atoms with E-state index in [0.717, 1.165) is 12.1 Å². The summed E-state index contributed by atoms with van der Waals surface area (Å²) in [5, 5.41) is 2.66. The Balaban J connectivity index is 2.39. The Labute approximate surface area is 157 Å². The molecule has 0 saturated carbocycles. The van der Waals surface area contributed by atoms with Gasteiger partial charge < -0.3 is 20.4 Å². The molecule has 27 heavy (non-hydrogen) atoms. The van der Waals surface area contributed by atoms with Crippen molar-refractivity contribution < 1.29 is 27.3 Å². The molecule has 1 saturated heterocycles. The van der Waals surface area contributed by atoms with Crippen LogP contribution in [-0.2, 0) is 20.3 Å². The van der Waals surface area contributed by atoms with Gasteiger partial charge in [0.1, 0.15) is 0 Å². The number of carbonyl (C=O) groups excluding carboxylic acids is 1. The smallest absolute Gasteiger partial charge is 0.400 e. The number of amides is 1. The van der Waals surface area contributed by atoms with E-state index in [1.165, 1.54) is 13.0 Å². The highest BCUT2D eigenvalue weighted by atomic mass is 19.4. The zero-order valence-corrected chi connectivity index (χ0v) is 16.0. The Morgan fingerprint density at radius 3 is 2.22 bits per heavy atom. The highest BCUT2D eigenvalue weighted by Crippen LogP contribution is 2.39. The fraction of sp³-hybridized carbons (Fsp3) is 0.500. The minimum atomic E-state index is -4.47. The van der Waals surface area contributed by atoms with Crippen LogP contribution in [0.4, 0.5) is 18.9 Å². The maximum atomic E-state index is 12.8. The van der Waals surface area contributed by atoms with E-state index in [4.69, 9.17) is 15.0 Å². The third-order valence-electron chi connectivity index (χ3n) is 4.85. The molecule has 1 aromatic carbocycles. The first-order valence-corrected chi connectivity index (χ1v) is 8.50. The average molecular weight is 384 g/mol. The number of carbonyl (C=O) groups is 1. The van der Waals surface area contributed by atoms with Crippen LogP contribution in [-0.4, -0.2) is 30.8 Å². The molecule has 3 N–H and O–H groups in total. The molecule has 0 aromatic heterocycles. The van der Waals surface area contributed by atoms with E-state index >= 15 is 0 Å². The normalized spacial score (nSPS) is 19.3. The monoisotopic (exact) mass is 384 g/mol. The Morgan fingerprint density at radius 1 is 1.22 bits per heavy atom. The number of halogens is 3. The summed E-state index contributed by atoms with van der Waals surface area (Å²) in [6.45, 7) is 9.02. The molecule has 0 aliphatic carbocycles. The minimum absolute atomic E-state index is 0.0262. The maximum Gasteiger partial charge on any atom is 0.492 e. The van der Waals surface area contributed by atoms with Gasteiger partial charge in [0.2, 0.25) is 5.91 Å². The summed E-state index contributed by atoms with van der Waals surface area (Å²) in [7, 11) is -0.761. The minimum Gasteiger partial charge on any atom is -0.400 e. The molecule has 9 heteroatoms. The van der Waals surface area contributed by atoms with Gasteiger partial charge in [-0.05, 0) is 50.9 Å². The van der Waals surface area contributed by atoms with Gasteiger partial charge in [-0.15, -0.1) is 0 Å². The first kappa shape index (κ1) is 21.3. The highest BCUT2D eigenvalue weighted by Gasteiger charge is 2.52. The lowest BCUT2D eigenvalue weighted by Crippen LogP contribution is -2.41. The number of benzene rings is 1. The van der Waals surface area contributed by atoms with Crippen molar-refractivity contribution in [3.8, 4) is 0 Å². The third kappa shape index (κ3) is 4.84. The van der Waals surface area contributed by atoms with E-state index in [-0.39, 0.29) is 18.1 Å². The summed E-state index contributed by atoms with van der Waals surface area (Å²) in [4.78, 5) is 11.3. The van der Waals surface area contributed by atoms with Crippen LogP contribution in [0.5, 0.6) is 0 Å². The third-order valence-corrected chi connectivity index (χ3v) is 4.85. The van der Waals surface area contributed by atoms with Crippen molar-refractivity contribution in [1.82, 2.24) is 5.32 Å². The van der Waals surface area contributed by atoms with Gasteiger partial charge in [0.05, 0.1) is 16.8 Å². The van der Waals surface area contributed by atoms with Crippen molar-refractivity contribution in [2.75, 3.05) is 12.3 Å². The standard InChI is InChI=1S/C18H24BF3N2O3/c1-11(25)24-10-14(19-26-16(2,3)17(4,5)27-19)8-12-6-7-13(9-15(12)23)18(20,21)22/h6-9H,10,23H2,1-5H3,(H,24,25). The molecule has 148 valence electrons.